The molecule has 9 heteroatoms. The number of anilines is 1. The Morgan fingerprint density at radius 1 is 1.31 bits per heavy atom. The van der Waals surface area contributed by atoms with Gasteiger partial charge in [-0.1, -0.05) is 18.5 Å². The number of ether oxygens (including phenoxy) is 1. The molecule has 32 heavy (non-hydrogen) atoms. The number of nitrogens with zero attached hydrogens (tertiary/aromatic N) is 1. The number of halogens is 1. The highest BCUT2D eigenvalue weighted by Gasteiger charge is 2.77. The minimum absolute atomic E-state index is 0.239. The third kappa shape index (κ3) is 3.42. The molecule has 3 heterocycles. The van der Waals surface area contributed by atoms with E-state index in [4.69, 9.17) is 16.3 Å². The van der Waals surface area contributed by atoms with Gasteiger partial charge in [0.15, 0.2) is 0 Å². The first-order valence-electron chi connectivity index (χ1n) is 11.1. The van der Waals surface area contributed by atoms with Gasteiger partial charge in [0.2, 0.25) is 11.8 Å². The maximum absolute atomic E-state index is 13.8. The number of likely N-dealkylation sites (tertiary alicyclic amines) is 1. The summed E-state index contributed by atoms with van der Waals surface area (Å²) in [7, 11) is 0. The van der Waals surface area contributed by atoms with Gasteiger partial charge in [0.25, 0.3) is 0 Å². The van der Waals surface area contributed by atoms with Crippen molar-refractivity contribution in [2.75, 3.05) is 18.5 Å². The summed E-state index contributed by atoms with van der Waals surface area (Å²) in [6.45, 7) is 5.62. The lowest BCUT2D eigenvalue weighted by Gasteiger charge is -2.36. The summed E-state index contributed by atoms with van der Waals surface area (Å²) in [4.78, 5) is 42.0. The lowest BCUT2D eigenvalue weighted by atomic mass is 9.66. The van der Waals surface area contributed by atoms with Crippen LogP contribution in [0.3, 0.4) is 0 Å². The number of hydrogen-bond acceptors (Lipinski definition) is 6. The van der Waals surface area contributed by atoms with Gasteiger partial charge in [-0.25, -0.2) is 0 Å². The number of carbonyl (C=O) groups excluding carboxylic acids is 3. The van der Waals surface area contributed by atoms with Crippen LogP contribution in [0.15, 0.2) is 24.3 Å². The van der Waals surface area contributed by atoms with Crippen molar-refractivity contribution in [3.05, 3.63) is 29.3 Å². The third-order valence-corrected chi connectivity index (χ3v) is 9.43. The van der Waals surface area contributed by atoms with Crippen LogP contribution in [0, 0.1) is 11.8 Å². The standard InChI is InChI=1S/C23H29ClN2O5S/c1-4-15(12-27)26-18(19(28)25-14-8-6-13(24)7-9-14)23-11-10-22(3,32-23)17(16(23)20(26)29)21(30)31-5-2/h6-9,15-18,27H,4-5,10-12H2,1-3H3,(H,25,28)/t15-,16-,17+,18?,22-,23?/m0/s1. The molecule has 0 aliphatic carbocycles. The van der Waals surface area contributed by atoms with Crippen LogP contribution in [0.1, 0.15) is 40.0 Å². The number of amides is 2. The number of thioether (sulfide) groups is 1. The van der Waals surface area contributed by atoms with Crippen molar-refractivity contribution in [1.29, 1.82) is 0 Å². The molecule has 3 aliphatic rings. The van der Waals surface area contributed by atoms with Crippen molar-refractivity contribution in [2.45, 2.75) is 61.6 Å². The van der Waals surface area contributed by atoms with Gasteiger partial charge in [0.05, 0.1) is 35.8 Å². The largest absolute Gasteiger partial charge is 0.466 e. The van der Waals surface area contributed by atoms with Crippen molar-refractivity contribution in [3.63, 3.8) is 0 Å². The fourth-order valence-electron chi connectivity index (χ4n) is 5.80. The van der Waals surface area contributed by atoms with Crippen molar-refractivity contribution >= 4 is 46.8 Å². The van der Waals surface area contributed by atoms with Crippen molar-refractivity contribution in [1.82, 2.24) is 4.90 Å². The Morgan fingerprint density at radius 3 is 2.59 bits per heavy atom. The molecule has 3 saturated heterocycles. The predicted octanol–water partition coefficient (Wildman–Crippen LogP) is 3.09. The molecule has 1 aromatic carbocycles. The first-order chi connectivity index (χ1) is 15.2. The molecule has 174 valence electrons. The average molecular weight is 481 g/mol. The van der Waals surface area contributed by atoms with Gasteiger partial charge >= 0.3 is 5.97 Å². The zero-order chi connectivity index (χ0) is 23.3. The topological polar surface area (TPSA) is 95.9 Å². The molecule has 0 aromatic heterocycles. The fraction of sp³-hybridized carbons (Fsp3) is 0.609. The van der Waals surface area contributed by atoms with Crippen LogP contribution in [-0.4, -0.2) is 62.6 Å². The zero-order valence-corrected chi connectivity index (χ0v) is 20.0. The highest BCUT2D eigenvalue weighted by molar-refractivity contribution is 8.02. The van der Waals surface area contributed by atoms with Gasteiger partial charge in [-0.3, -0.25) is 14.4 Å². The second-order valence-electron chi connectivity index (χ2n) is 8.97. The molecule has 2 amide bonds. The van der Waals surface area contributed by atoms with Crippen LogP contribution in [0.25, 0.3) is 0 Å². The maximum atomic E-state index is 13.8. The molecule has 4 rings (SSSR count). The molecule has 1 spiro atoms. The van der Waals surface area contributed by atoms with Crippen LogP contribution in [0.4, 0.5) is 5.69 Å². The predicted molar refractivity (Wildman–Crippen MR) is 123 cm³/mol. The van der Waals surface area contributed by atoms with Gasteiger partial charge < -0.3 is 20.1 Å². The van der Waals surface area contributed by atoms with Crippen molar-refractivity contribution in [2.24, 2.45) is 11.8 Å². The van der Waals surface area contributed by atoms with Crippen LogP contribution < -0.4 is 5.32 Å². The fourth-order valence-corrected chi connectivity index (χ4v) is 8.26. The monoisotopic (exact) mass is 480 g/mol. The first kappa shape index (κ1) is 23.4. The van der Waals surface area contributed by atoms with Crippen LogP contribution >= 0.6 is 23.4 Å². The number of nitrogens with one attached hydrogen (secondary N) is 1. The van der Waals surface area contributed by atoms with E-state index in [0.29, 0.717) is 23.6 Å². The summed E-state index contributed by atoms with van der Waals surface area (Å²) < 4.78 is 4.17. The lowest BCUT2D eigenvalue weighted by molar-refractivity contribution is -0.155. The molecule has 3 fully saturated rings. The highest BCUT2D eigenvalue weighted by atomic mass is 35.5. The van der Waals surface area contributed by atoms with Gasteiger partial charge in [-0.2, -0.15) is 0 Å². The van der Waals surface area contributed by atoms with E-state index in [2.05, 4.69) is 5.32 Å². The van der Waals surface area contributed by atoms with Crippen molar-refractivity contribution < 1.29 is 24.2 Å². The molecule has 3 aliphatic heterocycles. The summed E-state index contributed by atoms with van der Waals surface area (Å²) >= 11 is 7.55. The van der Waals surface area contributed by atoms with Gasteiger partial charge in [-0.15, -0.1) is 11.8 Å². The Bertz CT molecular complexity index is 923. The van der Waals surface area contributed by atoms with E-state index < -0.39 is 33.4 Å². The van der Waals surface area contributed by atoms with Crippen LogP contribution in [0.2, 0.25) is 5.02 Å². The quantitative estimate of drug-likeness (QED) is 0.582. The Labute approximate surface area is 197 Å². The Kier molecular flexibility index (Phi) is 6.24. The van der Waals surface area contributed by atoms with Gasteiger partial charge in [0, 0.05) is 15.5 Å². The number of aliphatic hydroxyl groups excluding tert-OH is 1. The second-order valence-corrected chi connectivity index (χ2v) is 11.3. The Hall–Kier alpha value is -1.77. The Morgan fingerprint density at radius 2 is 2.00 bits per heavy atom. The minimum Gasteiger partial charge on any atom is -0.466 e. The SMILES string of the molecule is CCOC(=O)[C@H]1[C@H]2C(=O)N([C@@H](CC)CO)C(C(=O)Nc3ccc(Cl)cc3)C23CC[C@]1(C)S3. The smallest absolute Gasteiger partial charge is 0.311 e. The molecular weight excluding hydrogens is 452 g/mol. The maximum Gasteiger partial charge on any atom is 0.311 e. The molecular formula is C23H29ClN2O5S. The molecule has 0 radical (unpaired) electrons. The highest BCUT2D eigenvalue weighted by Crippen LogP contribution is 2.71. The third-order valence-electron chi connectivity index (χ3n) is 7.19. The van der Waals surface area contributed by atoms with Gasteiger partial charge in [0.1, 0.15) is 6.04 Å². The van der Waals surface area contributed by atoms with Gasteiger partial charge in [-0.05, 0) is 57.4 Å². The summed E-state index contributed by atoms with van der Waals surface area (Å²) in [6, 6.07) is 5.50. The lowest BCUT2D eigenvalue weighted by Crippen LogP contribution is -2.54. The van der Waals surface area contributed by atoms with E-state index in [1.165, 1.54) is 0 Å². The summed E-state index contributed by atoms with van der Waals surface area (Å²) in [6.07, 6.45) is 1.87. The number of aliphatic hydroxyl groups is 1. The molecule has 2 N–H and O–H groups in total. The molecule has 6 atom stereocenters. The molecule has 0 saturated carbocycles. The summed E-state index contributed by atoms with van der Waals surface area (Å²) in [5.41, 5.74) is 0.578. The molecule has 2 bridgehead atoms. The number of rotatable bonds is 7. The number of esters is 1. The number of hydrogen-bond donors (Lipinski definition) is 2. The summed E-state index contributed by atoms with van der Waals surface area (Å²) in [5, 5.41) is 13.5. The molecule has 1 aromatic rings. The van der Waals surface area contributed by atoms with E-state index in [0.717, 1.165) is 6.42 Å². The number of benzene rings is 1. The van der Waals surface area contributed by atoms with E-state index in [9.17, 15) is 19.5 Å². The van der Waals surface area contributed by atoms with Crippen LogP contribution in [-0.2, 0) is 19.1 Å². The summed E-state index contributed by atoms with van der Waals surface area (Å²) in [5.74, 6) is -2.18. The number of carbonyl (C=O) groups is 3. The van der Waals surface area contributed by atoms with Crippen molar-refractivity contribution in [3.8, 4) is 0 Å². The Balaban J connectivity index is 1.76. The normalized spacial score (nSPS) is 33.8. The van der Waals surface area contributed by atoms with Crippen LogP contribution in [0.5, 0.6) is 0 Å². The number of fused-ring (bicyclic) bond motifs is 1. The average Bonchev–Trinajstić information content (AvgIpc) is 3.32. The molecule has 7 nitrogen and oxygen atoms in total. The minimum atomic E-state index is -0.793. The second kappa shape index (κ2) is 8.54. The first-order valence-corrected chi connectivity index (χ1v) is 12.3. The van der Waals surface area contributed by atoms with E-state index in [1.807, 2.05) is 13.8 Å². The van der Waals surface area contributed by atoms with E-state index in [-0.39, 0.29) is 31.0 Å². The zero-order valence-electron chi connectivity index (χ0n) is 18.5. The van der Waals surface area contributed by atoms with E-state index >= 15 is 0 Å². The van der Waals surface area contributed by atoms with E-state index in [1.54, 1.807) is 47.9 Å². The molecule has 2 unspecified atom stereocenters.